The van der Waals surface area contributed by atoms with E-state index in [1.165, 1.54) is 0 Å². The van der Waals surface area contributed by atoms with Crippen LogP contribution in [0.15, 0.2) is 30.3 Å². The molecule has 5 nitrogen and oxygen atoms in total. The highest BCUT2D eigenvalue weighted by Gasteiger charge is 2.60. The highest BCUT2D eigenvalue weighted by Crippen LogP contribution is 2.41. The maximum atomic E-state index is 12.6. The number of hydrogen-bond donors (Lipinski definition) is 0. The molecule has 3 saturated heterocycles. The van der Waals surface area contributed by atoms with E-state index in [0.29, 0.717) is 6.61 Å². The van der Waals surface area contributed by atoms with E-state index in [2.05, 4.69) is 12.1 Å². The third kappa shape index (κ3) is 2.67. The van der Waals surface area contributed by atoms with Gasteiger partial charge in [-0.15, -0.1) is 0 Å². The van der Waals surface area contributed by atoms with Crippen LogP contribution in [-0.2, 0) is 25.6 Å². The fraction of sp³-hybridized carbons (Fsp3) is 0.611. The Morgan fingerprint density at radius 3 is 2.83 bits per heavy atom. The lowest BCUT2D eigenvalue weighted by molar-refractivity contribution is -0.182. The molecule has 0 aliphatic carbocycles. The maximum Gasteiger partial charge on any atom is 0.255 e. The average molecular weight is 317 g/mol. The largest absolute Gasteiger partial charge is 0.371 e. The van der Waals surface area contributed by atoms with Gasteiger partial charge in [0.25, 0.3) is 5.91 Å². The van der Waals surface area contributed by atoms with Crippen LogP contribution in [0.1, 0.15) is 32.3 Å². The minimum Gasteiger partial charge on any atom is -0.371 e. The zero-order valence-corrected chi connectivity index (χ0v) is 13.6. The molecule has 1 aromatic rings. The molecule has 5 heteroatoms. The van der Waals surface area contributed by atoms with Crippen molar-refractivity contribution in [2.45, 2.75) is 63.4 Å². The highest BCUT2D eigenvalue weighted by molar-refractivity contribution is 5.85. The number of rotatable bonds is 3. The molecule has 4 rings (SSSR count). The van der Waals surface area contributed by atoms with Crippen LogP contribution in [0.4, 0.5) is 0 Å². The van der Waals surface area contributed by atoms with Crippen molar-refractivity contribution in [2.75, 3.05) is 6.54 Å². The van der Waals surface area contributed by atoms with Crippen LogP contribution >= 0.6 is 0 Å². The van der Waals surface area contributed by atoms with E-state index in [9.17, 15) is 4.79 Å². The van der Waals surface area contributed by atoms with Crippen LogP contribution in [0, 0.1) is 0 Å². The third-order valence-corrected chi connectivity index (χ3v) is 4.93. The van der Waals surface area contributed by atoms with Gasteiger partial charge in [0.1, 0.15) is 6.10 Å². The van der Waals surface area contributed by atoms with Crippen LogP contribution in [0.3, 0.4) is 0 Å². The first kappa shape index (κ1) is 15.1. The van der Waals surface area contributed by atoms with Gasteiger partial charge in [0.05, 0.1) is 18.8 Å². The summed E-state index contributed by atoms with van der Waals surface area (Å²) in [5.41, 5.74) is 1.15. The predicted molar refractivity (Wildman–Crippen MR) is 83.6 cm³/mol. The SMILES string of the molecule is CC1(C)O[C@H]2[C@H]3[C@H](OCc4ccccc4)CCCN3C(=O)[C@H]2O1. The van der Waals surface area contributed by atoms with Crippen LogP contribution in [0.5, 0.6) is 0 Å². The molecule has 23 heavy (non-hydrogen) atoms. The Hall–Kier alpha value is -1.43. The summed E-state index contributed by atoms with van der Waals surface area (Å²) in [5, 5.41) is 0. The monoisotopic (exact) mass is 317 g/mol. The molecule has 124 valence electrons. The second-order valence-electron chi connectivity index (χ2n) is 7.02. The van der Waals surface area contributed by atoms with Gasteiger partial charge in [-0.1, -0.05) is 30.3 Å². The van der Waals surface area contributed by atoms with Gasteiger partial charge < -0.3 is 19.1 Å². The number of carbonyl (C=O) groups is 1. The summed E-state index contributed by atoms with van der Waals surface area (Å²) in [6.07, 6.45) is 1.22. The Bertz CT molecular complexity index is 588. The van der Waals surface area contributed by atoms with Crippen LogP contribution in [-0.4, -0.2) is 47.5 Å². The summed E-state index contributed by atoms with van der Waals surface area (Å²) in [6.45, 7) is 5.07. The second-order valence-corrected chi connectivity index (χ2v) is 7.02. The number of piperidine rings is 1. The standard InChI is InChI=1S/C18H23NO4/c1-18(2)22-15-14-13(21-11-12-7-4-3-5-8-12)9-6-10-19(14)17(20)16(15)23-18/h3-5,7-8,13-16H,6,9-11H2,1-2H3/t13-,14-,15+,16+/m1/s1. The molecule has 1 aromatic carbocycles. The van der Waals surface area contributed by atoms with E-state index in [4.69, 9.17) is 14.2 Å². The summed E-state index contributed by atoms with van der Waals surface area (Å²) >= 11 is 0. The van der Waals surface area contributed by atoms with Gasteiger partial charge in [-0.2, -0.15) is 0 Å². The van der Waals surface area contributed by atoms with Crippen molar-refractivity contribution >= 4 is 5.91 Å². The van der Waals surface area contributed by atoms with Crippen LogP contribution in [0.25, 0.3) is 0 Å². The summed E-state index contributed by atoms with van der Waals surface area (Å²) in [4.78, 5) is 14.5. The molecular weight excluding hydrogens is 294 g/mol. The third-order valence-electron chi connectivity index (χ3n) is 4.93. The first-order valence-electron chi connectivity index (χ1n) is 8.37. The van der Waals surface area contributed by atoms with Gasteiger partial charge in [-0.25, -0.2) is 0 Å². The zero-order chi connectivity index (χ0) is 16.0. The van der Waals surface area contributed by atoms with Crippen LogP contribution in [0.2, 0.25) is 0 Å². The summed E-state index contributed by atoms with van der Waals surface area (Å²) < 4.78 is 18.0. The van der Waals surface area contributed by atoms with E-state index in [1.807, 2.05) is 36.9 Å². The number of hydrogen-bond acceptors (Lipinski definition) is 4. The molecule has 1 amide bonds. The lowest BCUT2D eigenvalue weighted by Crippen LogP contribution is -2.52. The molecule has 0 N–H and O–H groups in total. The van der Waals surface area contributed by atoms with Gasteiger partial charge in [0.15, 0.2) is 11.9 Å². The summed E-state index contributed by atoms with van der Waals surface area (Å²) in [5.74, 6) is -0.642. The Kier molecular flexibility index (Phi) is 3.67. The first-order valence-corrected chi connectivity index (χ1v) is 8.37. The lowest BCUT2D eigenvalue weighted by atomic mass is 9.96. The molecule has 4 atom stereocenters. The molecule has 3 aliphatic rings. The van der Waals surface area contributed by atoms with Crippen molar-refractivity contribution in [1.82, 2.24) is 4.90 Å². The van der Waals surface area contributed by atoms with Crippen molar-refractivity contribution < 1.29 is 19.0 Å². The van der Waals surface area contributed by atoms with Gasteiger partial charge in [-0.05, 0) is 32.3 Å². The summed E-state index contributed by atoms with van der Waals surface area (Å²) in [7, 11) is 0. The fourth-order valence-electron chi connectivity index (χ4n) is 3.98. The van der Waals surface area contributed by atoms with Crippen molar-refractivity contribution in [3.63, 3.8) is 0 Å². The van der Waals surface area contributed by atoms with E-state index >= 15 is 0 Å². The predicted octanol–water partition coefficient (Wildman–Crippen LogP) is 2.10. The minimum atomic E-state index is -0.696. The molecule has 3 aliphatic heterocycles. The lowest BCUT2D eigenvalue weighted by Gasteiger charge is -2.39. The highest BCUT2D eigenvalue weighted by atomic mass is 16.8. The van der Waals surface area contributed by atoms with E-state index in [0.717, 1.165) is 24.9 Å². The van der Waals surface area contributed by atoms with Crippen molar-refractivity contribution in [1.29, 1.82) is 0 Å². The van der Waals surface area contributed by atoms with Gasteiger partial charge in [0, 0.05) is 6.54 Å². The summed E-state index contributed by atoms with van der Waals surface area (Å²) in [6, 6.07) is 10.1. The minimum absolute atomic E-state index is 0.000376. The number of amides is 1. The number of nitrogens with zero attached hydrogens (tertiary/aromatic N) is 1. The van der Waals surface area contributed by atoms with Gasteiger partial charge in [-0.3, -0.25) is 4.79 Å². The second kappa shape index (κ2) is 5.58. The Labute approximate surface area is 136 Å². The van der Waals surface area contributed by atoms with Crippen molar-refractivity contribution in [3.05, 3.63) is 35.9 Å². The molecule has 0 saturated carbocycles. The zero-order valence-electron chi connectivity index (χ0n) is 13.6. The van der Waals surface area contributed by atoms with E-state index in [1.54, 1.807) is 0 Å². The molecule has 0 aromatic heterocycles. The maximum absolute atomic E-state index is 12.6. The number of fused-ring (bicyclic) bond motifs is 3. The van der Waals surface area contributed by atoms with Crippen LogP contribution < -0.4 is 0 Å². The normalized spacial score (nSPS) is 35.2. The van der Waals surface area contributed by atoms with Crippen molar-refractivity contribution in [3.8, 4) is 0 Å². The quantitative estimate of drug-likeness (QED) is 0.856. The number of carbonyl (C=O) groups excluding carboxylic acids is 1. The molecule has 3 fully saturated rings. The fourth-order valence-corrected chi connectivity index (χ4v) is 3.98. The van der Waals surface area contributed by atoms with E-state index in [-0.39, 0.29) is 24.2 Å². The molecule has 0 bridgehead atoms. The molecule has 0 unspecified atom stereocenters. The molecule has 3 heterocycles. The van der Waals surface area contributed by atoms with E-state index < -0.39 is 11.9 Å². The average Bonchev–Trinajstić information content (AvgIpc) is 2.99. The Balaban J connectivity index is 1.51. The van der Waals surface area contributed by atoms with Gasteiger partial charge in [0.2, 0.25) is 0 Å². The molecular formula is C18H23NO4. The Morgan fingerprint density at radius 2 is 2.04 bits per heavy atom. The topological polar surface area (TPSA) is 48.0 Å². The Morgan fingerprint density at radius 1 is 1.26 bits per heavy atom. The number of ether oxygens (including phenoxy) is 3. The van der Waals surface area contributed by atoms with Gasteiger partial charge >= 0.3 is 0 Å². The first-order chi connectivity index (χ1) is 11.1. The molecule has 0 radical (unpaired) electrons. The smallest absolute Gasteiger partial charge is 0.255 e. The van der Waals surface area contributed by atoms with Crippen molar-refractivity contribution in [2.24, 2.45) is 0 Å². The molecule has 0 spiro atoms. The number of benzene rings is 1.